The zero-order chi connectivity index (χ0) is 14.7. The smallest absolute Gasteiger partial charge is 0.145 e. The maximum absolute atomic E-state index is 5.90. The van der Waals surface area contributed by atoms with E-state index in [2.05, 4.69) is 15.3 Å². The predicted octanol–water partition coefficient (Wildman–Crippen LogP) is 3.47. The number of nitrogens with one attached hydrogen (secondary N) is 1. The molecule has 0 fully saturated rings. The standard InChI is InChI=1S/C16H15N3O2/c1-17-16-6-4-12(10-19-16)21-15-7-8-18-14-5-3-11(20-2)9-13(14)15/h3-10H,1-2H3,(H,17,19). The summed E-state index contributed by atoms with van der Waals surface area (Å²) in [6, 6.07) is 11.2. The fourth-order valence-corrected chi connectivity index (χ4v) is 2.03. The molecule has 0 aliphatic carbocycles. The van der Waals surface area contributed by atoms with E-state index in [1.807, 2.05) is 43.4 Å². The van der Waals surface area contributed by atoms with Gasteiger partial charge >= 0.3 is 0 Å². The topological polar surface area (TPSA) is 56.3 Å². The molecule has 0 radical (unpaired) electrons. The molecule has 5 nitrogen and oxygen atoms in total. The van der Waals surface area contributed by atoms with Gasteiger partial charge in [-0.25, -0.2) is 4.98 Å². The van der Waals surface area contributed by atoms with Gasteiger partial charge in [0.1, 0.15) is 23.1 Å². The lowest BCUT2D eigenvalue weighted by atomic mass is 10.2. The SMILES string of the molecule is CNc1ccc(Oc2ccnc3ccc(OC)cc23)cn1. The van der Waals surface area contributed by atoms with Crippen molar-refractivity contribution < 1.29 is 9.47 Å². The number of rotatable bonds is 4. The van der Waals surface area contributed by atoms with Gasteiger partial charge in [0.2, 0.25) is 0 Å². The molecule has 3 aromatic rings. The van der Waals surface area contributed by atoms with Gasteiger partial charge in [0.25, 0.3) is 0 Å². The number of ether oxygens (including phenoxy) is 2. The average molecular weight is 281 g/mol. The molecule has 0 aliphatic rings. The van der Waals surface area contributed by atoms with Crippen molar-refractivity contribution in [2.75, 3.05) is 19.5 Å². The van der Waals surface area contributed by atoms with Gasteiger partial charge in [-0.15, -0.1) is 0 Å². The lowest BCUT2D eigenvalue weighted by molar-refractivity contribution is 0.415. The molecule has 0 spiro atoms. The molecule has 0 saturated heterocycles. The molecule has 5 heteroatoms. The molecule has 2 aromatic heterocycles. The highest BCUT2D eigenvalue weighted by Gasteiger charge is 2.06. The molecule has 1 N–H and O–H groups in total. The van der Waals surface area contributed by atoms with Crippen LogP contribution in [-0.4, -0.2) is 24.1 Å². The largest absolute Gasteiger partial charge is 0.497 e. The average Bonchev–Trinajstić information content (AvgIpc) is 2.55. The molecule has 2 heterocycles. The van der Waals surface area contributed by atoms with Crippen molar-refractivity contribution in [2.45, 2.75) is 0 Å². The van der Waals surface area contributed by atoms with Crippen LogP contribution in [0.3, 0.4) is 0 Å². The number of benzene rings is 1. The van der Waals surface area contributed by atoms with Gasteiger partial charge in [0.15, 0.2) is 0 Å². The Hall–Kier alpha value is -2.82. The van der Waals surface area contributed by atoms with Crippen molar-refractivity contribution in [3.05, 3.63) is 48.8 Å². The van der Waals surface area contributed by atoms with Gasteiger partial charge in [0, 0.05) is 18.6 Å². The predicted molar refractivity (Wildman–Crippen MR) is 82.2 cm³/mol. The van der Waals surface area contributed by atoms with Crippen LogP contribution in [-0.2, 0) is 0 Å². The number of hydrogen-bond donors (Lipinski definition) is 1. The first-order valence-corrected chi connectivity index (χ1v) is 6.54. The zero-order valence-electron chi connectivity index (χ0n) is 11.8. The highest BCUT2D eigenvalue weighted by Crippen LogP contribution is 2.31. The second-order valence-corrected chi connectivity index (χ2v) is 4.42. The Morgan fingerprint density at radius 1 is 1.00 bits per heavy atom. The number of pyridine rings is 2. The molecule has 0 saturated carbocycles. The minimum absolute atomic E-state index is 0.671. The molecule has 1 aromatic carbocycles. The van der Waals surface area contributed by atoms with Crippen LogP contribution in [0.5, 0.6) is 17.2 Å². The Bertz CT molecular complexity index is 757. The minimum Gasteiger partial charge on any atom is -0.497 e. The number of anilines is 1. The summed E-state index contributed by atoms with van der Waals surface area (Å²) in [4.78, 5) is 8.56. The van der Waals surface area contributed by atoms with Gasteiger partial charge < -0.3 is 14.8 Å². The van der Waals surface area contributed by atoms with E-state index < -0.39 is 0 Å². The highest BCUT2D eigenvalue weighted by atomic mass is 16.5. The highest BCUT2D eigenvalue weighted by molar-refractivity contribution is 5.86. The monoisotopic (exact) mass is 281 g/mol. The van der Waals surface area contributed by atoms with E-state index in [0.717, 1.165) is 28.2 Å². The minimum atomic E-state index is 0.671. The maximum Gasteiger partial charge on any atom is 0.145 e. The normalized spacial score (nSPS) is 10.4. The van der Waals surface area contributed by atoms with Crippen LogP contribution in [0.25, 0.3) is 10.9 Å². The first-order chi connectivity index (χ1) is 10.3. The Balaban J connectivity index is 1.98. The van der Waals surface area contributed by atoms with E-state index in [0.29, 0.717) is 5.75 Å². The summed E-state index contributed by atoms with van der Waals surface area (Å²) in [6.45, 7) is 0. The quantitative estimate of drug-likeness (QED) is 0.793. The van der Waals surface area contributed by atoms with E-state index >= 15 is 0 Å². The lowest BCUT2D eigenvalue weighted by Gasteiger charge is -2.09. The fourth-order valence-electron chi connectivity index (χ4n) is 2.03. The van der Waals surface area contributed by atoms with E-state index in [9.17, 15) is 0 Å². The summed E-state index contributed by atoms with van der Waals surface area (Å²) in [6.07, 6.45) is 3.40. The molecule has 3 rings (SSSR count). The number of methoxy groups -OCH3 is 1. The fraction of sp³-hybridized carbons (Fsp3) is 0.125. The Kier molecular flexibility index (Phi) is 3.55. The third kappa shape index (κ3) is 2.72. The Morgan fingerprint density at radius 2 is 1.86 bits per heavy atom. The van der Waals surface area contributed by atoms with Gasteiger partial charge in [-0.2, -0.15) is 0 Å². The van der Waals surface area contributed by atoms with Gasteiger partial charge in [-0.05, 0) is 36.4 Å². The van der Waals surface area contributed by atoms with Gasteiger partial charge in [-0.1, -0.05) is 0 Å². The first kappa shape index (κ1) is 13.2. The Labute approximate surface area is 122 Å². The van der Waals surface area contributed by atoms with Crippen LogP contribution in [0, 0.1) is 0 Å². The van der Waals surface area contributed by atoms with Gasteiger partial charge in [-0.3, -0.25) is 4.98 Å². The third-order valence-electron chi connectivity index (χ3n) is 3.13. The van der Waals surface area contributed by atoms with Crippen molar-refractivity contribution in [3.63, 3.8) is 0 Å². The van der Waals surface area contributed by atoms with Crippen molar-refractivity contribution >= 4 is 16.7 Å². The maximum atomic E-state index is 5.90. The first-order valence-electron chi connectivity index (χ1n) is 6.54. The number of hydrogen-bond acceptors (Lipinski definition) is 5. The second-order valence-electron chi connectivity index (χ2n) is 4.42. The van der Waals surface area contributed by atoms with Crippen molar-refractivity contribution in [3.8, 4) is 17.2 Å². The lowest BCUT2D eigenvalue weighted by Crippen LogP contribution is -1.93. The number of aromatic nitrogens is 2. The summed E-state index contributed by atoms with van der Waals surface area (Å²) < 4.78 is 11.2. The molecule has 0 aliphatic heterocycles. The third-order valence-corrected chi connectivity index (χ3v) is 3.13. The van der Waals surface area contributed by atoms with Crippen molar-refractivity contribution in [1.82, 2.24) is 9.97 Å². The molecule has 106 valence electrons. The molecule has 21 heavy (non-hydrogen) atoms. The summed E-state index contributed by atoms with van der Waals surface area (Å²) in [7, 11) is 3.46. The van der Waals surface area contributed by atoms with E-state index in [1.54, 1.807) is 19.5 Å². The van der Waals surface area contributed by atoms with Gasteiger partial charge in [0.05, 0.1) is 18.8 Å². The van der Waals surface area contributed by atoms with Crippen LogP contribution < -0.4 is 14.8 Å². The second kappa shape index (κ2) is 5.66. The van der Waals surface area contributed by atoms with Crippen LogP contribution in [0.4, 0.5) is 5.82 Å². The summed E-state index contributed by atoms with van der Waals surface area (Å²) in [5.74, 6) is 2.95. The van der Waals surface area contributed by atoms with Crippen LogP contribution in [0.15, 0.2) is 48.8 Å². The number of fused-ring (bicyclic) bond motifs is 1. The summed E-state index contributed by atoms with van der Waals surface area (Å²) in [5.41, 5.74) is 0.855. The Morgan fingerprint density at radius 3 is 2.57 bits per heavy atom. The van der Waals surface area contributed by atoms with Crippen LogP contribution in [0.2, 0.25) is 0 Å². The molecule has 0 bridgehead atoms. The van der Waals surface area contributed by atoms with Crippen molar-refractivity contribution in [2.24, 2.45) is 0 Å². The molecule has 0 atom stereocenters. The van der Waals surface area contributed by atoms with E-state index in [-0.39, 0.29) is 0 Å². The molecule has 0 unspecified atom stereocenters. The molecular weight excluding hydrogens is 266 g/mol. The molecule has 0 amide bonds. The van der Waals surface area contributed by atoms with Crippen LogP contribution in [0.1, 0.15) is 0 Å². The summed E-state index contributed by atoms with van der Waals surface area (Å²) in [5, 5.41) is 3.87. The van der Waals surface area contributed by atoms with E-state index in [1.165, 1.54) is 0 Å². The van der Waals surface area contributed by atoms with Crippen LogP contribution >= 0.6 is 0 Å². The summed E-state index contributed by atoms with van der Waals surface area (Å²) >= 11 is 0. The number of nitrogens with zero attached hydrogens (tertiary/aromatic N) is 2. The zero-order valence-corrected chi connectivity index (χ0v) is 11.8. The van der Waals surface area contributed by atoms with Crippen molar-refractivity contribution in [1.29, 1.82) is 0 Å². The molecular formula is C16H15N3O2. The van der Waals surface area contributed by atoms with E-state index in [4.69, 9.17) is 9.47 Å².